The number of benzene rings is 1. The number of rotatable bonds is 4. The number of pyridine rings is 1. The average molecular weight is 363 g/mol. The van der Waals surface area contributed by atoms with Crippen LogP contribution in [0.3, 0.4) is 0 Å². The van der Waals surface area contributed by atoms with Crippen molar-refractivity contribution in [2.45, 2.75) is 26.2 Å². The maximum absolute atomic E-state index is 13.3. The average Bonchev–Trinajstić information content (AvgIpc) is 2.96. The number of carbonyl (C=O) groups is 1. The zero-order valence-electron chi connectivity index (χ0n) is 15.9. The second kappa shape index (κ2) is 7.16. The van der Waals surface area contributed by atoms with Gasteiger partial charge in [0.1, 0.15) is 0 Å². The van der Waals surface area contributed by atoms with Gasteiger partial charge in [0.15, 0.2) is 0 Å². The molecule has 0 bridgehead atoms. The van der Waals surface area contributed by atoms with E-state index in [2.05, 4.69) is 41.0 Å². The fourth-order valence-corrected chi connectivity index (χ4v) is 3.92. The second-order valence-electron chi connectivity index (χ2n) is 7.46. The van der Waals surface area contributed by atoms with Crippen LogP contribution in [0.2, 0.25) is 0 Å². The van der Waals surface area contributed by atoms with Gasteiger partial charge in [-0.15, -0.1) is 0 Å². The zero-order chi connectivity index (χ0) is 18.9. The standard InChI is InChI=1S/C22H25N3O2/c1-16-13-17-14-18(6-7-20(17)25(16)2)24-21(26)22(8-11-27-12-9-22)15-19-5-3-4-10-23-19/h3-7,10,13-14H,8-9,11-12,15H2,1-2H3,(H,24,26). The Balaban J connectivity index is 1.60. The summed E-state index contributed by atoms with van der Waals surface area (Å²) in [5.74, 6) is 0.0588. The van der Waals surface area contributed by atoms with Gasteiger partial charge < -0.3 is 14.6 Å². The molecule has 0 unspecified atom stereocenters. The maximum atomic E-state index is 13.3. The lowest BCUT2D eigenvalue weighted by atomic mass is 9.75. The fourth-order valence-electron chi connectivity index (χ4n) is 3.92. The molecule has 27 heavy (non-hydrogen) atoms. The van der Waals surface area contributed by atoms with E-state index in [-0.39, 0.29) is 5.91 Å². The normalized spacial score (nSPS) is 16.4. The molecule has 0 radical (unpaired) electrons. The third-order valence-corrected chi connectivity index (χ3v) is 5.72. The first-order chi connectivity index (χ1) is 13.1. The Morgan fingerprint density at radius 3 is 2.78 bits per heavy atom. The highest BCUT2D eigenvalue weighted by molar-refractivity contribution is 5.97. The van der Waals surface area contributed by atoms with Crippen molar-refractivity contribution < 1.29 is 9.53 Å². The number of nitrogens with zero attached hydrogens (tertiary/aromatic N) is 2. The van der Waals surface area contributed by atoms with E-state index in [0.717, 1.165) is 16.8 Å². The lowest BCUT2D eigenvalue weighted by molar-refractivity contribution is -0.131. The van der Waals surface area contributed by atoms with Gasteiger partial charge in [0.25, 0.3) is 0 Å². The summed E-state index contributed by atoms with van der Waals surface area (Å²) >= 11 is 0. The fraction of sp³-hybridized carbons (Fsp3) is 0.364. The molecule has 0 aliphatic carbocycles. The quantitative estimate of drug-likeness (QED) is 0.766. The molecule has 0 atom stereocenters. The Morgan fingerprint density at radius 2 is 2.04 bits per heavy atom. The van der Waals surface area contributed by atoms with E-state index >= 15 is 0 Å². The third kappa shape index (κ3) is 3.47. The lowest BCUT2D eigenvalue weighted by Gasteiger charge is -2.35. The van der Waals surface area contributed by atoms with Gasteiger partial charge in [-0.1, -0.05) is 6.07 Å². The number of amides is 1. The van der Waals surface area contributed by atoms with Crippen LogP contribution in [0.15, 0.2) is 48.7 Å². The summed E-state index contributed by atoms with van der Waals surface area (Å²) in [6, 6.07) is 14.1. The number of fused-ring (bicyclic) bond motifs is 1. The first-order valence-corrected chi connectivity index (χ1v) is 9.43. The number of nitrogens with one attached hydrogen (secondary N) is 1. The smallest absolute Gasteiger partial charge is 0.231 e. The van der Waals surface area contributed by atoms with Gasteiger partial charge in [0.05, 0.1) is 5.41 Å². The predicted molar refractivity (Wildman–Crippen MR) is 107 cm³/mol. The molecule has 5 heteroatoms. The van der Waals surface area contributed by atoms with E-state index in [0.29, 0.717) is 32.5 Å². The summed E-state index contributed by atoms with van der Waals surface area (Å²) in [6.07, 6.45) is 3.84. The van der Waals surface area contributed by atoms with Crippen molar-refractivity contribution >= 4 is 22.5 Å². The number of aromatic nitrogens is 2. The number of ether oxygens (including phenoxy) is 1. The molecule has 1 aliphatic heterocycles. The number of aryl methyl sites for hydroxylation is 2. The SMILES string of the molecule is Cc1cc2cc(NC(=O)C3(Cc4ccccn4)CCOCC3)ccc2n1C. The molecular formula is C22H25N3O2. The molecule has 3 aromatic rings. The van der Waals surface area contributed by atoms with Crippen molar-refractivity contribution in [3.05, 3.63) is 60.0 Å². The summed E-state index contributed by atoms with van der Waals surface area (Å²) in [7, 11) is 2.06. The summed E-state index contributed by atoms with van der Waals surface area (Å²) in [6.45, 7) is 3.30. The Kier molecular flexibility index (Phi) is 4.70. The Hall–Kier alpha value is -2.66. The minimum atomic E-state index is -0.478. The molecule has 1 aromatic carbocycles. The van der Waals surface area contributed by atoms with Crippen molar-refractivity contribution in [3.8, 4) is 0 Å². The van der Waals surface area contributed by atoms with Crippen molar-refractivity contribution in [1.82, 2.24) is 9.55 Å². The third-order valence-electron chi connectivity index (χ3n) is 5.72. The predicted octanol–water partition coefficient (Wildman–Crippen LogP) is 3.86. The Labute approximate surface area is 159 Å². The molecular weight excluding hydrogens is 338 g/mol. The van der Waals surface area contributed by atoms with Gasteiger partial charge >= 0.3 is 0 Å². The molecule has 4 rings (SSSR count). The van der Waals surface area contributed by atoms with E-state index < -0.39 is 5.41 Å². The molecule has 1 N–H and O–H groups in total. The molecule has 1 saturated heterocycles. The Bertz CT molecular complexity index is 956. The Morgan fingerprint density at radius 1 is 1.22 bits per heavy atom. The van der Waals surface area contributed by atoms with E-state index in [4.69, 9.17) is 4.74 Å². The van der Waals surface area contributed by atoms with Gasteiger partial charge in [0, 0.05) is 60.9 Å². The highest BCUT2D eigenvalue weighted by atomic mass is 16.5. The van der Waals surface area contributed by atoms with E-state index in [1.165, 1.54) is 11.2 Å². The van der Waals surface area contributed by atoms with Crippen LogP contribution < -0.4 is 5.32 Å². The molecule has 2 aromatic heterocycles. The van der Waals surface area contributed by atoms with Gasteiger partial charge in [-0.3, -0.25) is 9.78 Å². The van der Waals surface area contributed by atoms with Crippen molar-refractivity contribution in [3.63, 3.8) is 0 Å². The zero-order valence-corrected chi connectivity index (χ0v) is 15.9. The minimum Gasteiger partial charge on any atom is -0.381 e. The molecule has 1 amide bonds. The summed E-state index contributed by atoms with van der Waals surface area (Å²) < 4.78 is 7.69. The molecule has 0 spiro atoms. The van der Waals surface area contributed by atoms with Crippen molar-refractivity contribution in [1.29, 1.82) is 0 Å². The van der Waals surface area contributed by atoms with Crippen LogP contribution in [0.4, 0.5) is 5.69 Å². The van der Waals surface area contributed by atoms with E-state index in [1.807, 2.05) is 30.3 Å². The van der Waals surface area contributed by atoms with Crippen molar-refractivity contribution in [2.24, 2.45) is 12.5 Å². The molecule has 1 aliphatic rings. The summed E-state index contributed by atoms with van der Waals surface area (Å²) in [5, 5.41) is 4.30. The van der Waals surface area contributed by atoms with E-state index in [1.54, 1.807) is 6.20 Å². The van der Waals surface area contributed by atoms with Crippen LogP contribution in [0.1, 0.15) is 24.2 Å². The summed E-state index contributed by atoms with van der Waals surface area (Å²) in [4.78, 5) is 17.7. The van der Waals surface area contributed by atoms with Gasteiger partial charge in [-0.25, -0.2) is 0 Å². The summed E-state index contributed by atoms with van der Waals surface area (Å²) in [5.41, 5.74) is 3.67. The van der Waals surface area contributed by atoms with Crippen LogP contribution in [-0.4, -0.2) is 28.7 Å². The number of hydrogen-bond acceptors (Lipinski definition) is 3. The lowest BCUT2D eigenvalue weighted by Crippen LogP contribution is -2.43. The van der Waals surface area contributed by atoms with Gasteiger partial charge in [0.2, 0.25) is 5.91 Å². The number of carbonyl (C=O) groups excluding carboxylic acids is 1. The van der Waals surface area contributed by atoms with E-state index in [9.17, 15) is 4.79 Å². The molecule has 5 nitrogen and oxygen atoms in total. The molecule has 3 heterocycles. The van der Waals surface area contributed by atoms with Crippen molar-refractivity contribution in [2.75, 3.05) is 18.5 Å². The maximum Gasteiger partial charge on any atom is 0.231 e. The first kappa shape index (κ1) is 17.7. The largest absolute Gasteiger partial charge is 0.381 e. The van der Waals surface area contributed by atoms with Crippen LogP contribution >= 0.6 is 0 Å². The van der Waals surface area contributed by atoms with Crippen LogP contribution in [0, 0.1) is 12.3 Å². The van der Waals surface area contributed by atoms with Crippen LogP contribution in [-0.2, 0) is 23.0 Å². The molecule has 0 saturated carbocycles. The monoisotopic (exact) mass is 363 g/mol. The van der Waals surface area contributed by atoms with Crippen LogP contribution in [0.25, 0.3) is 10.9 Å². The van der Waals surface area contributed by atoms with Gasteiger partial charge in [-0.2, -0.15) is 0 Å². The minimum absolute atomic E-state index is 0.0588. The number of anilines is 1. The van der Waals surface area contributed by atoms with Crippen LogP contribution in [0.5, 0.6) is 0 Å². The first-order valence-electron chi connectivity index (χ1n) is 9.43. The molecule has 140 valence electrons. The highest BCUT2D eigenvalue weighted by Gasteiger charge is 2.40. The number of hydrogen-bond donors (Lipinski definition) is 1. The molecule has 1 fully saturated rings. The second-order valence-corrected chi connectivity index (χ2v) is 7.46. The highest BCUT2D eigenvalue weighted by Crippen LogP contribution is 2.35. The topological polar surface area (TPSA) is 56.1 Å². The van der Waals surface area contributed by atoms with Gasteiger partial charge in [-0.05, 0) is 56.2 Å².